The smallest absolute Gasteiger partial charge is 0.126 e. The van der Waals surface area contributed by atoms with E-state index in [4.69, 9.17) is 10.8 Å². The molecule has 0 saturated heterocycles. The predicted molar refractivity (Wildman–Crippen MR) is 51.4 cm³/mol. The molecule has 1 rings (SSSR count). The van der Waals surface area contributed by atoms with Crippen LogP contribution in [0, 0.1) is 12.7 Å². The fourth-order valence-corrected chi connectivity index (χ4v) is 1.44. The monoisotopic (exact) mass is 199 g/mol. The van der Waals surface area contributed by atoms with Gasteiger partial charge in [0.2, 0.25) is 0 Å². The lowest BCUT2D eigenvalue weighted by Gasteiger charge is -2.15. The molecule has 0 spiro atoms. The molecule has 0 amide bonds. The van der Waals surface area contributed by atoms with Crippen LogP contribution in [-0.2, 0) is 0 Å². The number of phenolic OH excluding ortho intramolecular Hbond substituents is 1. The lowest BCUT2D eigenvalue weighted by atomic mass is 9.98. The van der Waals surface area contributed by atoms with Gasteiger partial charge in [-0.05, 0) is 31.0 Å². The van der Waals surface area contributed by atoms with E-state index in [-0.39, 0.29) is 12.4 Å². The molecule has 3 nitrogen and oxygen atoms in total. The molecule has 0 aromatic heterocycles. The third-order valence-electron chi connectivity index (χ3n) is 2.24. The molecule has 4 heteroatoms. The average molecular weight is 199 g/mol. The number of nitrogens with two attached hydrogens (primary N) is 1. The summed E-state index contributed by atoms with van der Waals surface area (Å²) in [5, 5.41) is 18.2. The van der Waals surface area contributed by atoms with E-state index in [9.17, 15) is 9.50 Å². The summed E-state index contributed by atoms with van der Waals surface area (Å²) in [4.78, 5) is 0. The molecule has 1 atom stereocenters. The average Bonchev–Trinajstić information content (AvgIpc) is 2.13. The lowest BCUT2D eigenvalue weighted by molar-refractivity contribution is 0.275. The molecule has 0 bridgehead atoms. The van der Waals surface area contributed by atoms with Crippen molar-refractivity contribution in [3.63, 3.8) is 0 Å². The maximum Gasteiger partial charge on any atom is 0.126 e. The highest BCUT2D eigenvalue weighted by Crippen LogP contribution is 2.29. The van der Waals surface area contributed by atoms with Crippen LogP contribution in [0.5, 0.6) is 5.75 Å². The van der Waals surface area contributed by atoms with Crippen molar-refractivity contribution in [2.45, 2.75) is 19.4 Å². The highest BCUT2D eigenvalue weighted by atomic mass is 19.1. The largest absolute Gasteiger partial charge is 0.508 e. The van der Waals surface area contributed by atoms with Crippen molar-refractivity contribution in [2.75, 3.05) is 6.61 Å². The number of benzene rings is 1. The number of halogens is 1. The van der Waals surface area contributed by atoms with E-state index in [2.05, 4.69) is 0 Å². The molecule has 0 fully saturated rings. The highest BCUT2D eigenvalue weighted by molar-refractivity contribution is 5.41. The Bertz CT molecular complexity index is 328. The second kappa shape index (κ2) is 4.39. The molecule has 0 saturated carbocycles. The normalized spacial score (nSPS) is 12.9. The van der Waals surface area contributed by atoms with Gasteiger partial charge in [0, 0.05) is 18.2 Å². The van der Waals surface area contributed by atoms with Gasteiger partial charge in [-0.1, -0.05) is 0 Å². The number of hydrogen-bond donors (Lipinski definition) is 3. The van der Waals surface area contributed by atoms with E-state index in [1.54, 1.807) is 6.92 Å². The van der Waals surface area contributed by atoms with Crippen LogP contribution in [0.2, 0.25) is 0 Å². The van der Waals surface area contributed by atoms with Crippen molar-refractivity contribution in [2.24, 2.45) is 5.73 Å². The Labute approximate surface area is 82.0 Å². The summed E-state index contributed by atoms with van der Waals surface area (Å²) < 4.78 is 13.1. The van der Waals surface area contributed by atoms with Crippen LogP contribution in [-0.4, -0.2) is 16.8 Å². The number of aliphatic hydroxyl groups excluding tert-OH is 1. The van der Waals surface area contributed by atoms with Crippen LogP contribution in [0.3, 0.4) is 0 Å². The van der Waals surface area contributed by atoms with Gasteiger partial charge in [0.1, 0.15) is 11.6 Å². The molecule has 0 heterocycles. The van der Waals surface area contributed by atoms with Crippen LogP contribution >= 0.6 is 0 Å². The Morgan fingerprint density at radius 3 is 2.71 bits per heavy atom. The summed E-state index contributed by atoms with van der Waals surface area (Å²) in [5.74, 6) is -0.420. The Hall–Kier alpha value is -1.13. The van der Waals surface area contributed by atoms with Crippen LogP contribution in [0.1, 0.15) is 23.6 Å². The summed E-state index contributed by atoms with van der Waals surface area (Å²) in [7, 11) is 0. The number of rotatable bonds is 3. The molecule has 0 aliphatic rings. The standard InChI is InChI=1S/C10H14FNO2/c1-6-7(11)2-3-9(14)10(6)8(12)4-5-13/h2-3,8,13-14H,4-5,12H2,1H3. The minimum Gasteiger partial charge on any atom is -0.508 e. The zero-order valence-electron chi connectivity index (χ0n) is 8.00. The molecular formula is C10H14FNO2. The highest BCUT2D eigenvalue weighted by Gasteiger charge is 2.15. The molecule has 1 unspecified atom stereocenters. The molecule has 0 radical (unpaired) electrons. The first-order valence-electron chi connectivity index (χ1n) is 4.42. The maximum absolute atomic E-state index is 13.1. The molecule has 4 N–H and O–H groups in total. The lowest BCUT2D eigenvalue weighted by Crippen LogP contribution is -2.14. The van der Waals surface area contributed by atoms with Crippen molar-refractivity contribution < 1.29 is 14.6 Å². The van der Waals surface area contributed by atoms with Crippen LogP contribution in [0.15, 0.2) is 12.1 Å². The maximum atomic E-state index is 13.1. The molecule has 0 aliphatic carbocycles. The Balaban J connectivity index is 3.11. The van der Waals surface area contributed by atoms with Crippen molar-refractivity contribution in [1.29, 1.82) is 0 Å². The summed E-state index contributed by atoms with van der Waals surface area (Å²) in [5.41, 5.74) is 6.40. The van der Waals surface area contributed by atoms with Crippen LogP contribution in [0.4, 0.5) is 4.39 Å². The summed E-state index contributed by atoms with van der Waals surface area (Å²) in [6, 6.07) is 1.94. The van der Waals surface area contributed by atoms with Gasteiger partial charge in [0.15, 0.2) is 0 Å². The fraction of sp³-hybridized carbons (Fsp3) is 0.400. The van der Waals surface area contributed by atoms with E-state index in [0.29, 0.717) is 17.5 Å². The van der Waals surface area contributed by atoms with Gasteiger partial charge < -0.3 is 15.9 Å². The van der Waals surface area contributed by atoms with Crippen molar-refractivity contribution in [3.05, 3.63) is 29.1 Å². The Morgan fingerprint density at radius 1 is 1.50 bits per heavy atom. The summed E-state index contributed by atoms with van der Waals surface area (Å²) in [6.07, 6.45) is 0.303. The third kappa shape index (κ3) is 2.02. The second-order valence-electron chi connectivity index (χ2n) is 3.22. The molecule has 14 heavy (non-hydrogen) atoms. The first kappa shape index (κ1) is 10.9. The van der Waals surface area contributed by atoms with Gasteiger partial charge in [-0.15, -0.1) is 0 Å². The summed E-state index contributed by atoms with van der Waals surface area (Å²) >= 11 is 0. The first-order chi connectivity index (χ1) is 6.57. The molecule has 78 valence electrons. The van der Waals surface area contributed by atoms with E-state index in [0.717, 1.165) is 0 Å². The molecule has 1 aromatic rings. The van der Waals surface area contributed by atoms with Crippen LogP contribution in [0.25, 0.3) is 0 Å². The van der Waals surface area contributed by atoms with Gasteiger partial charge in [0.05, 0.1) is 0 Å². The van der Waals surface area contributed by atoms with Gasteiger partial charge in [0.25, 0.3) is 0 Å². The first-order valence-corrected chi connectivity index (χ1v) is 4.42. The Kier molecular flexibility index (Phi) is 3.43. The number of aromatic hydroxyl groups is 1. The zero-order valence-corrected chi connectivity index (χ0v) is 8.00. The van der Waals surface area contributed by atoms with Gasteiger partial charge >= 0.3 is 0 Å². The third-order valence-corrected chi connectivity index (χ3v) is 2.24. The Morgan fingerprint density at radius 2 is 2.14 bits per heavy atom. The van der Waals surface area contributed by atoms with E-state index in [1.165, 1.54) is 12.1 Å². The molecule has 0 aliphatic heterocycles. The molecule has 1 aromatic carbocycles. The minimum absolute atomic E-state index is 0.0233. The second-order valence-corrected chi connectivity index (χ2v) is 3.22. The van der Waals surface area contributed by atoms with Crippen LogP contribution < -0.4 is 5.73 Å². The van der Waals surface area contributed by atoms with Crippen molar-refractivity contribution >= 4 is 0 Å². The quantitative estimate of drug-likeness (QED) is 0.685. The van der Waals surface area contributed by atoms with E-state index >= 15 is 0 Å². The van der Waals surface area contributed by atoms with Gasteiger partial charge in [-0.3, -0.25) is 0 Å². The number of hydrogen-bond acceptors (Lipinski definition) is 3. The topological polar surface area (TPSA) is 66.5 Å². The van der Waals surface area contributed by atoms with Crippen molar-refractivity contribution in [3.8, 4) is 5.75 Å². The SMILES string of the molecule is Cc1c(F)ccc(O)c1C(N)CCO. The van der Waals surface area contributed by atoms with Gasteiger partial charge in [-0.2, -0.15) is 0 Å². The number of phenols is 1. The number of aliphatic hydroxyl groups is 1. The summed E-state index contributed by atoms with van der Waals surface area (Å²) in [6.45, 7) is 1.47. The predicted octanol–water partition coefficient (Wildman–Crippen LogP) is 1.22. The van der Waals surface area contributed by atoms with E-state index < -0.39 is 11.9 Å². The van der Waals surface area contributed by atoms with Crippen molar-refractivity contribution in [1.82, 2.24) is 0 Å². The van der Waals surface area contributed by atoms with E-state index in [1.807, 2.05) is 0 Å². The van der Waals surface area contributed by atoms with Gasteiger partial charge in [-0.25, -0.2) is 4.39 Å². The minimum atomic E-state index is -0.532. The fourth-order valence-electron chi connectivity index (χ4n) is 1.44. The zero-order chi connectivity index (χ0) is 10.7. The molecular weight excluding hydrogens is 185 g/mol.